The van der Waals surface area contributed by atoms with Gasteiger partial charge in [0.05, 0.1) is 18.4 Å². The lowest BCUT2D eigenvalue weighted by atomic mass is 10.1. The zero-order chi connectivity index (χ0) is 15.1. The minimum Gasteiger partial charge on any atom is -0.481 e. The number of rotatable bonds is 7. The van der Waals surface area contributed by atoms with Gasteiger partial charge in [0.1, 0.15) is 5.82 Å². The average molecular weight is 280 g/mol. The van der Waals surface area contributed by atoms with Crippen molar-refractivity contribution >= 4 is 17.8 Å². The summed E-state index contributed by atoms with van der Waals surface area (Å²) in [5.74, 6) is -0.525. The number of ether oxygens (including phenoxy) is 1. The maximum atomic E-state index is 11.4. The molecule has 0 aromatic carbocycles. The van der Waals surface area contributed by atoms with E-state index in [0.717, 1.165) is 6.42 Å². The van der Waals surface area contributed by atoms with Crippen molar-refractivity contribution in [3.63, 3.8) is 0 Å². The largest absolute Gasteiger partial charge is 0.481 e. The number of nitrogens with zero attached hydrogens (tertiary/aromatic N) is 1. The normalized spacial score (nSPS) is 11.8. The van der Waals surface area contributed by atoms with E-state index < -0.39 is 11.9 Å². The van der Waals surface area contributed by atoms with Crippen molar-refractivity contribution in [2.75, 3.05) is 12.4 Å². The molecule has 0 aliphatic carbocycles. The summed E-state index contributed by atoms with van der Waals surface area (Å²) >= 11 is 0. The summed E-state index contributed by atoms with van der Waals surface area (Å²) < 4.78 is 4.66. The molecule has 0 spiro atoms. The molecule has 1 aromatic rings. The highest BCUT2D eigenvalue weighted by Crippen LogP contribution is 2.14. The molecule has 6 nitrogen and oxygen atoms in total. The van der Waals surface area contributed by atoms with Crippen LogP contribution in [-0.2, 0) is 9.53 Å². The predicted molar refractivity (Wildman–Crippen MR) is 74.9 cm³/mol. The second kappa shape index (κ2) is 7.47. The van der Waals surface area contributed by atoms with Gasteiger partial charge in [-0.2, -0.15) is 0 Å². The maximum Gasteiger partial charge on any atom is 0.339 e. The van der Waals surface area contributed by atoms with Crippen LogP contribution < -0.4 is 5.32 Å². The van der Waals surface area contributed by atoms with Crippen LogP contribution in [0.1, 0.15) is 42.2 Å². The lowest BCUT2D eigenvalue weighted by Crippen LogP contribution is -2.17. The third-order valence-electron chi connectivity index (χ3n) is 2.91. The lowest BCUT2D eigenvalue weighted by Gasteiger charge is -2.15. The molecule has 0 saturated heterocycles. The molecule has 2 N–H and O–H groups in total. The summed E-state index contributed by atoms with van der Waals surface area (Å²) in [7, 11) is 1.33. The number of carboxylic acids is 1. The summed E-state index contributed by atoms with van der Waals surface area (Å²) in [5, 5.41) is 11.8. The van der Waals surface area contributed by atoms with E-state index in [1.807, 2.05) is 6.92 Å². The Kier molecular flexibility index (Phi) is 5.96. The first-order chi connectivity index (χ1) is 9.43. The van der Waals surface area contributed by atoms with E-state index in [2.05, 4.69) is 15.0 Å². The van der Waals surface area contributed by atoms with Crippen LogP contribution in [0.4, 0.5) is 5.82 Å². The van der Waals surface area contributed by atoms with E-state index in [9.17, 15) is 9.59 Å². The number of nitrogens with one attached hydrogen (secondary N) is 1. The van der Waals surface area contributed by atoms with Crippen molar-refractivity contribution in [3.05, 3.63) is 23.4 Å². The van der Waals surface area contributed by atoms with Crippen LogP contribution in [0.25, 0.3) is 0 Å². The van der Waals surface area contributed by atoms with Crippen LogP contribution in [0, 0.1) is 6.92 Å². The van der Waals surface area contributed by atoms with Crippen molar-refractivity contribution in [1.29, 1.82) is 0 Å². The third kappa shape index (κ3) is 4.87. The minimum absolute atomic E-state index is 0.116. The SMILES string of the molecule is COC(=O)c1ccc(NC(C)CCCC(=O)O)nc1C. The number of hydrogen-bond acceptors (Lipinski definition) is 5. The molecule has 1 aromatic heterocycles. The Morgan fingerprint density at radius 1 is 1.45 bits per heavy atom. The van der Waals surface area contributed by atoms with Crippen molar-refractivity contribution in [2.45, 2.75) is 39.2 Å². The highest BCUT2D eigenvalue weighted by atomic mass is 16.5. The van der Waals surface area contributed by atoms with Crippen LogP contribution in [-0.4, -0.2) is 35.2 Å². The molecule has 6 heteroatoms. The molecule has 1 heterocycles. The number of hydrogen-bond donors (Lipinski definition) is 2. The number of aryl methyl sites for hydroxylation is 1. The van der Waals surface area contributed by atoms with Crippen molar-refractivity contribution in [1.82, 2.24) is 4.98 Å². The molecule has 0 aliphatic heterocycles. The van der Waals surface area contributed by atoms with E-state index >= 15 is 0 Å². The maximum absolute atomic E-state index is 11.4. The number of methoxy groups -OCH3 is 1. The predicted octanol–water partition coefficient (Wildman–Crippen LogP) is 2.23. The van der Waals surface area contributed by atoms with Gasteiger partial charge in [-0.3, -0.25) is 4.79 Å². The number of aromatic nitrogens is 1. The fraction of sp³-hybridized carbons (Fsp3) is 0.500. The molecule has 0 fully saturated rings. The highest BCUT2D eigenvalue weighted by Gasteiger charge is 2.11. The Morgan fingerprint density at radius 3 is 2.70 bits per heavy atom. The standard InChI is InChI=1S/C14H20N2O4/c1-9(5-4-6-13(17)18)15-12-8-7-11(10(2)16-12)14(19)20-3/h7-9H,4-6H2,1-3H3,(H,15,16)(H,17,18). The molecule has 0 amide bonds. The zero-order valence-electron chi connectivity index (χ0n) is 12.0. The molecule has 1 atom stereocenters. The number of carboxylic acid groups (broad SMARTS) is 1. The van der Waals surface area contributed by atoms with E-state index in [1.165, 1.54) is 7.11 Å². The fourth-order valence-corrected chi connectivity index (χ4v) is 1.85. The summed E-state index contributed by atoms with van der Waals surface area (Å²) in [6.45, 7) is 3.71. The number of aliphatic carboxylic acids is 1. The Balaban J connectivity index is 2.58. The van der Waals surface area contributed by atoms with Gasteiger partial charge in [0.2, 0.25) is 0 Å². The first-order valence-electron chi connectivity index (χ1n) is 6.48. The second-order valence-electron chi connectivity index (χ2n) is 4.65. The lowest BCUT2D eigenvalue weighted by molar-refractivity contribution is -0.137. The van der Waals surface area contributed by atoms with Gasteiger partial charge in [-0.05, 0) is 38.8 Å². The molecule has 1 unspecified atom stereocenters. The van der Waals surface area contributed by atoms with E-state index in [1.54, 1.807) is 19.1 Å². The number of pyridine rings is 1. The molecule has 0 aliphatic rings. The topological polar surface area (TPSA) is 88.5 Å². The van der Waals surface area contributed by atoms with Gasteiger partial charge in [0.15, 0.2) is 0 Å². The number of anilines is 1. The molecule has 110 valence electrons. The summed E-state index contributed by atoms with van der Waals surface area (Å²) in [6.07, 6.45) is 1.52. The van der Waals surface area contributed by atoms with Crippen molar-refractivity contribution < 1.29 is 19.4 Å². The molecule has 1 rings (SSSR count). The summed E-state index contributed by atoms with van der Waals surface area (Å²) in [5.41, 5.74) is 1.04. The zero-order valence-corrected chi connectivity index (χ0v) is 12.0. The highest BCUT2D eigenvalue weighted by molar-refractivity contribution is 5.90. The quantitative estimate of drug-likeness (QED) is 0.745. The Hall–Kier alpha value is -2.11. The van der Waals surface area contributed by atoms with Gasteiger partial charge in [-0.25, -0.2) is 9.78 Å². The van der Waals surface area contributed by atoms with Crippen LogP contribution in [0.15, 0.2) is 12.1 Å². The molecule has 20 heavy (non-hydrogen) atoms. The molecule has 0 saturated carbocycles. The first-order valence-corrected chi connectivity index (χ1v) is 6.48. The smallest absolute Gasteiger partial charge is 0.339 e. The summed E-state index contributed by atoms with van der Waals surface area (Å²) in [6, 6.07) is 3.50. The molecular formula is C14H20N2O4. The molecule has 0 radical (unpaired) electrons. The monoisotopic (exact) mass is 280 g/mol. The van der Waals surface area contributed by atoms with Crippen LogP contribution >= 0.6 is 0 Å². The molecular weight excluding hydrogens is 260 g/mol. The van der Waals surface area contributed by atoms with E-state index in [4.69, 9.17) is 5.11 Å². The van der Waals surface area contributed by atoms with Crippen LogP contribution in [0.5, 0.6) is 0 Å². The third-order valence-corrected chi connectivity index (χ3v) is 2.91. The van der Waals surface area contributed by atoms with Gasteiger partial charge in [0, 0.05) is 12.5 Å². The van der Waals surface area contributed by atoms with Gasteiger partial charge >= 0.3 is 11.9 Å². The molecule has 0 bridgehead atoms. The van der Waals surface area contributed by atoms with Crippen molar-refractivity contribution in [2.24, 2.45) is 0 Å². The van der Waals surface area contributed by atoms with Gasteiger partial charge < -0.3 is 15.2 Å². The van der Waals surface area contributed by atoms with E-state index in [0.29, 0.717) is 23.5 Å². The van der Waals surface area contributed by atoms with Crippen LogP contribution in [0.3, 0.4) is 0 Å². The Morgan fingerprint density at radius 2 is 2.15 bits per heavy atom. The average Bonchev–Trinajstić information content (AvgIpc) is 2.37. The Bertz CT molecular complexity index is 488. The summed E-state index contributed by atoms with van der Waals surface area (Å²) in [4.78, 5) is 26.2. The Labute approximate surface area is 118 Å². The fourth-order valence-electron chi connectivity index (χ4n) is 1.85. The van der Waals surface area contributed by atoms with Crippen molar-refractivity contribution in [3.8, 4) is 0 Å². The van der Waals surface area contributed by atoms with Gasteiger partial charge in [-0.15, -0.1) is 0 Å². The van der Waals surface area contributed by atoms with Crippen LogP contribution in [0.2, 0.25) is 0 Å². The second-order valence-corrected chi connectivity index (χ2v) is 4.65. The van der Waals surface area contributed by atoms with Gasteiger partial charge in [-0.1, -0.05) is 0 Å². The van der Waals surface area contributed by atoms with Gasteiger partial charge in [0.25, 0.3) is 0 Å². The first kappa shape index (κ1) is 15.9. The minimum atomic E-state index is -0.784. The number of esters is 1. The number of carbonyl (C=O) groups is 2. The van der Waals surface area contributed by atoms with E-state index in [-0.39, 0.29) is 12.5 Å². The number of carbonyl (C=O) groups excluding carboxylic acids is 1.